The van der Waals surface area contributed by atoms with Crippen molar-refractivity contribution < 1.29 is 0 Å². The molecule has 0 saturated heterocycles. The Labute approximate surface area is 152 Å². The van der Waals surface area contributed by atoms with E-state index < -0.39 is 0 Å². The van der Waals surface area contributed by atoms with Crippen LogP contribution in [-0.2, 0) is 12.8 Å². The van der Waals surface area contributed by atoms with Gasteiger partial charge in [-0.15, -0.1) is 0 Å². The molecule has 25 heavy (non-hydrogen) atoms. The maximum absolute atomic E-state index is 2.45. The minimum absolute atomic E-state index is 0.0515. The summed E-state index contributed by atoms with van der Waals surface area (Å²) in [6, 6.07) is 18.1. The smallest absolute Gasteiger partial charge is 0.0157 e. The van der Waals surface area contributed by atoms with Crippen LogP contribution in [0.25, 0.3) is 11.1 Å². The molecule has 0 aliphatic heterocycles. The van der Waals surface area contributed by atoms with Crippen molar-refractivity contribution in [3.05, 3.63) is 81.9 Å². The van der Waals surface area contributed by atoms with Gasteiger partial charge >= 0.3 is 0 Å². The molecule has 0 saturated carbocycles. The molecular formula is C25H28. The van der Waals surface area contributed by atoms with E-state index in [9.17, 15) is 0 Å². The van der Waals surface area contributed by atoms with Gasteiger partial charge in [-0.05, 0) is 59.1 Å². The van der Waals surface area contributed by atoms with E-state index in [0.29, 0.717) is 0 Å². The van der Waals surface area contributed by atoms with Crippen LogP contribution < -0.4 is 0 Å². The fourth-order valence-electron chi connectivity index (χ4n) is 5.14. The number of hydrogen-bond acceptors (Lipinski definition) is 0. The molecule has 0 spiro atoms. The third-order valence-electron chi connectivity index (χ3n) is 6.19. The molecule has 0 radical (unpaired) electrons. The Kier molecular flexibility index (Phi) is 3.95. The van der Waals surface area contributed by atoms with Crippen molar-refractivity contribution in [2.45, 2.75) is 53.4 Å². The average Bonchev–Trinajstić information content (AvgIpc) is 3.20. The highest BCUT2D eigenvalue weighted by atomic mass is 14.4. The lowest BCUT2D eigenvalue weighted by atomic mass is 9.71. The molecule has 2 aromatic rings. The summed E-state index contributed by atoms with van der Waals surface area (Å²) in [5, 5.41) is 0. The molecule has 2 aliphatic carbocycles. The van der Waals surface area contributed by atoms with Gasteiger partial charge in [0, 0.05) is 5.41 Å². The highest BCUT2D eigenvalue weighted by molar-refractivity contribution is 5.93. The molecular weight excluding hydrogens is 300 g/mol. The highest BCUT2D eigenvalue weighted by Gasteiger charge is 2.39. The summed E-state index contributed by atoms with van der Waals surface area (Å²) in [5.41, 5.74) is 12.5. The molecule has 0 nitrogen and oxygen atoms in total. The Hall–Kier alpha value is -2.08. The zero-order valence-corrected chi connectivity index (χ0v) is 15.9. The van der Waals surface area contributed by atoms with Gasteiger partial charge in [-0.3, -0.25) is 0 Å². The molecule has 2 aliphatic rings. The molecule has 0 N–H and O–H groups in total. The van der Waals surface area contributed by atoms with Crippen LogP contribution in [0.3, 0.4) is 0 Å². The largest absolute Gasteiger partial charge is 0.0619 e. The second kappa shape index (κ2) is 6.02. The van der Waals surface area contributed by atoms with Gasteiger partial charge < -0.3 is 0 Å². The standard InChI is InChI=1S/C25H28/c1-5-17-15-19-11-7-9-13-21(19)23(17)25(3,4)24-18(6-2)16-20-12-8-10-14-22(20)24/h7-14H,5-6,15-16H2,1-4H3. The van der Waals surface area contributed by atoms with Crippen molar-refractivity contribution in [2.75, 3.05) is 0 Å². The topological polar surface area (TPSA) is 0 Å². The predicted molar refractivity (Wildman–Crippen MR) is 108 cm³/mol. The van der Waals surface area contributed by atoms with Crippen LogP contribution >= 0.6 is 0 Å². The van der Waals surface area contributed by atoms with E-state index in [0.717, 1.165) is 25.7 Å². The molecule has 0 fully saturated rings. The zero-order chi connectivity index (χ0) is 17.6. The summed E-state index contributed by atoms with van der Waals surface area (Å²) in [6.07, 6.45) is 4.54. The van der Waals surface area contributed by atoms with Crippen molar-refractivity contribution >= 4 is 11.1 Å². The molecule has 0 atom stereocenters. The lowest BCUT2D eigenvalue weighted by Crippen LogP contribution is -2.17. The number of benzene rings is 2. The average molecular weight is 328 g/mol. The lowest BCUT2D eigenvalue weighted by Gasteiger charge is -2.33. The van der Waals surface area contributed by atoms with Crippen molar-refractivity contribution in [3.8, 4) is 0 Å². The molecule has 2 aromatic carbocycles. The van der Waals surface area contributed by atoms with Gasteiger partial charge in [0.2, 0.25) is 0 Å². The maximum Gasteiger partial charge on any atom is 0.0157 e. The predicted octanol–water partition coefficient (Wildman–Crippen LogP) is 6.85. The van der Waals surface area contributed by atoms with Crippen LogP contribution in [0.5, 0.6) is 0 Å². The van der Waals surface area contributed by atoms with Crippen LogP contribution in [0.15, 0.2) is 59.7 Å². The summed E-state index contributed by atoms with van der Waals surface area (Å²) in [4.78, 5) is 0. The van der Waals surface area contributed by atoms with Gasteiger partial charge in [0.25, 0.3) is 0 Å². The summed E-state index contributed by atoms with van der Waals surface area (Å²) in [7, 11) is 0. The Balaban J connectivity index is 1.92. The normalized spacial score (nSPS) is 16.5. The summed E-state index contributed by atoms with van der Waals surface area (Å²) < 4.78 is 0. The Morgan fingerprint density at radius 3 is 1.48 bits per heavy atom. The SMILES string of the molecule is CCC1=C(C(C)(C)C2=C(CC)Cc3ccccc32)c2ccccc2C1. The molecule has 0 aromatic heterocycles. The Morgan fingerprint density at radius 2 is 1.08 bits per heavy atom. The second-order valence-electron chi connectivity index (χ2n) is 7.96. The lowest BCUT2D eigenvalue weighted by molar-refractivity contribution is 0.664. The monoisotopic (exact) mass is 328 g/mol. The van der Waals surface area contributed by atoms with Crippen molar-refractivity contribution in [1.82, 2.24) is 0 Å². The van der Waals surface area contributed by atoms with Crippen LogP contribution in [0.4, 0.5) is 0 Å². The summed E-state index contributed by atoms with van der Waals surface area (Å²) in [6.45, 7) is 9.53. The molecule has 0 unspecified atom stereocenters. The van der Waals surface area contributed by atoms with Gasteiger partial charge in [0.15, 0.2) is 0 Å². The number of allylic oxidation sites excluding steroid dienone is 4. The molecule has 4 rings (SSSR count). The van der Waals surface area contributed by atoms with Gasteiger partial charge in [0.1, 0.15) is 0 Å². The second-order valence-corrected chi connectivity index (χ2v) is 7.96. The fourth-order valence-corrected chi connectivity index (χ4v) is 5.14. The molecule has 0 heteroatoms. The van der Waals surface area contributed by atoms with E-state index in [2.05, 4.69) is 76.2 Å². The first-order valence-electron chi connectivity index (χ1n) is 9.69. The van der Waals surface area contributed by atoms with Crippen molar-refractivity contribution in [2.24, 2.45) is 5.41 Å². The number of fused-ring (bicyclic) bond motifs is 2. The molecule has 0 bridgehead atoms. The van der Waals surface area contributed by atoms with Crippen LogP contribution in [0.2, 0.25) is 0 Å². The zero-order valence-electron chi connectivity index (χ0n) is 15.9. The summed E-state index contributed by atoms with van der Waals surface area (Å²) >= 11 is 0. The first-order valence-corrected chi connectivity index (χ1v) is 9.69. The fraction of sp³-hybridized carbons (Fsp3) is 0.360. The van der Waals surface area contributed by atoms with Gasteiger partial charge in [-0.1, -0.05) is 87.4 Å². The van der Waals surface area contributed by atoms with Crippen LogP contribution in [0.1, 0.15) is 62.8 Å². The third-order valence-corrected chi connectivity index (χ3v) is 6.19. The minimum Gasteiger partial charge on any atom is -0.0619 e. The van der Waals surface area contributed by atoms with Crippen molar-refractivity contribution in [3.63, 3.8) is 0 Å². The van der Waals surface area contributed by atoms with Gasteiger partial charge in [-0.2, -0.15) is 0 Å². The van der Waals surface area contributed by atoms with E-state index in [-0.39, 0.29) is 5.41 Å². The minimum atomic E-state index is 0.0515. The van der Waals surface area contributed by atoms with Gasteiger partial charge in [0.05, 0.1) is 0 Å². The van der Waals surface area contributed by atoms with E-state index in [1.165, 1.54) is 22.3 Å². The maximum atomic E-state index is 2.45. The Bertz CT molecular complexity index is 816. The van der Waals surface area contributed by atoms with Crippen molar-refractivity contribution in [1.29, 1.82) is 0 Å². The molecule has 128 valence electrons. The quantitative estimate of drug-likeness (QED) is 0.575. The van der Waals surface area contributed by atoms with Crippen LogP contribution in [0, 0.1) is 5.41 Å². The first kappa shape index (κ1) is 16.4. The molecule has 0 heterocycles. The number of rotatable bonds is 4. The van der Waals surface area contributed by atoms with Gasteiger partial charge in [-0.25, -0.2) is 0 Å². The van der Waals surface area contributed by atoms with E-state index in [1.807, 2.05) is 0 Å². The van der Waals surface area contributed by atoms with Crippen LogP contribution in [-0.4, -0.2) is 0 Å². The van der Waals surface area contributed by atoms with E-state index in [1.54, 1.807) is 22.3 Å². The summed E-state index contributed by atoms with van der Waals surface area (Å²) in [5.74, 6) is 0. The van der Waals surface area contributed by atoms with E-state index >= 15 is 0 Å². The highest BCUT2D eigenvalue weighted by Crippen LogP contribution is 2.55. The first-order chi connectivity index (χ1) is 12.1. The number of hydrogen-bond donors (Lipinski definition) is 0. The third kappa shape index (κ3) is 2.42. The Morgan fingerprint density at radius 1 is 0.680 bits per heavy atom. The molecule has 0 amide bonds. The van der Waals surface area contributed by atoms with E-state index in [4.69, 9.17) is 0 Å².